The number of rotatable bonds is 6. The molecule has 0 saturated heterocycles. The monoisotopic (exact) mass is 324 g/mol. The Kier molecular flexibility index (Phi) is 4.93. The molecular weight excluding hydrogens is 294 g/mol. The lowest BCUT2D eigenvalue weighted by atomic mass is 9.71. The Bertz CT molecular complexity index is 703. The van der Waals surface area contributed by atoms with Gasteiger partial charge in [0.25, 0.3) is 0 Å². The number of benzene rings is 1. The zero-order valence-electron chi connectivity index (χ0n) is 15.5. The SMILES string of the molecule is CCCCOc1ccc2c(c1)-c1cccc[n+]1C(CC)(CC)C2C. The third kappa shape index (κ3) is 2.62. The average Bonchev–Trinajstić information content (AvgIpc) is 2.63. The van der Waals surface area contributed by atoms with Gasteiger partial charge in [0.1, 0.15) is 5.75 Å². The van der Waals surface area contributed by atoms with Gasteiger partial charge in [0.2, 0.25) is 5.69 Å². The first-order valence-corrected chi connectivity index (χ1v) is 9.46. The van der Waals surface area contributed by atoms with Gasteiger partial charge in [0.15, 0.2) is 11.7 Å². The molecule has 0 amide bonds. The van der Waals surface area contributed by atoms with Crippen LogP contribution < -0.4 is 9.30 Å². The molecule has 0 bridgehead atoms. The molecular formula is C22H30NO+. The van der Waals surface area contributed by atoms with Gasteiger partial charge in [-0.1, -0.05) is 40.2 Å². The lowest BCUT2D eigenvalue weighted by Gasteiger charge is -2.38. The quantitative estimate of drug-likeness (QED) is 0.508. The van der Waals surface area contributed by atoms with Gasteiger partial charge in [-0.3, -0.25) is 0 Å². The summed E-state index contributed by atoms with van der Waals surface area (Å²) < 4.78 is 8.47. The van der Waals surface area contributed by atoms with E-state index in [0.717, 1.165) is 38.0 Å². The molecule has 0 radical (unpaired) electrons. The van der Waals surface area contributed by atoms with E-state index < -0.39 is 0 Å². The van der Waals surface area contributed by atoms with Crippen LogP contribution in [-0.2, 0) is 5.54 Å². The Balaban J connectivity index is 2.10. The van der Waals surface area contributed by atoms with Crippen LogP contribution >= 0.6 is 0 Å². The number of hydrogen-bond donors (Lipinski definition) is 0. The van der Waals surface area contributed by atoms with Crippen molar-refractivity contribution in [1.29, 1.82) is 0 Å². The van der Waals surface area contributed by atoms with E-state index in [1.54, 1.807) is 0 Å². The van der Waals surface area contributed by atoms with Crippen molar-refractivity contribution in [2.75, 3.05) is 6.61 Å². The van der Waals surface area contributed by atoms with Crippen LogP contribution in [0.2, 0.25) is 0 Å². The smallest absolute Gasteiger partial charge is 0.213 e. The summed E-state index contributed by atoms with van der Waals surface area (Å²) in [4.78, 5) is 0. The summed E-state index contributed by atoms with van der Waals surface area (Å²) in [5.74, 6) is 1.48. The molecule has 2 heterocycles. The second kappa shape index (κ2) is 6.96. The van der Waals surface area contributed by atoms with Gasteiger partial charge in [-0.25, -0.2) is 0 Å². The molecule has 2 heteroatoms. The van der Waals surface area contributed by atoms with E-state index in [1.807, 2.05) is 0 Å². The fraction of sp³-hybridized carbons (Fsp3) is 0.500. The van der Waals surface area contributed by atoms with Crippen molar-refractivity contribution in [2.24, 2.45) is 0 Å². The molecule has 1 atom stereocenters. The lowest BCUT2D eigenvalue weighted by Crippen LogP contribution is -2.61. The maximum absolute atomic E-state index is 5.96. The summed E-state index contributed by atoms with van der Waals surface area (Å²) in [5, 5.41) is 0. The fourth-order valence-corrected chi connectivity index (χ4v) is 4.31. The molecule has 1 unspecified atom stereocenters. The number of ether oxygens (including phenoxy) is 1. The number of fused-ring (bicyclic) bond motifs is 3. The number of unbranched alkanes of at least 4 members (excludes halogenated alkanes) is 1. The molecule has 0 saturated carbocycles. The molecule has 0 fully saturated rings. The first-order valence-electron chi connectivity index (χ1n) is 9.46. The second-order valence-corrected chi connectivity index (χ2v) is 6.94. The summed E-state index contributed by atoms with van der Waals surface area (Å²) in [5.41, 5.74) is 4.26. The van der Waals surface area contributed by atoms with Gasteiger partial charge in [0.05, 0.1) is 12.2 Å². The maximum Gasteiger partial charge on any atom is 0.213 e. The number of pyridine rings is 1. The number of aromatic nitrogens is 1. The van der Waals surface area contributed by atoms with Crippen LogP contribution in [0.25, 0.3) is 11.3 Å². The zero-order chi connectivity index (χ0) is 17.2. The lowest BCUT2D eigenvalue weighted by molar-refractivity contribution is -0.762. The highest BCUT2D eigenvalue weighted by molar-refractivity contribution is 5.66. The molecule has 2 nitrogen and oxygen atoms in total. The van der Waals surface area contributed by atoms with E-state index in [-0.39, 0.29) is 5.54 Å². The minimum absolute atomic E-state index is 0.161. The van der Waals surface area contributed by atoms with Crippen molar-refractivity contribution in [1.82, 2.24) is 0 Å². The standard InChI is InChI=1S/C22H30NO/c1-5-8-15-24-18-12-13-19-17(4)22(6-2,7-3)23-14-10-9-11-21(23)20(19)16-18/h9-14,16-17H,5-8,15H2,1-4H3/q+1. The van der Waals surface area contributed by atoms with Crippen LogP contribution in [0.15, 0.2) is 42.6 Å². The molecule has 3 rings (SSSR count). The molecule has 0 spiro atoms. The first-order chi connectivity index (χ1) is 11.7. The Morgan fingerprint density at radius 1 is 1.08 bits per heavy atom. The van der Waals surface area contributed by atoms with Crippen LogP contribution in [0.4, 0.5) is 0 Å². The third-order valence-electron chi connectivity index (χ3n) is 5.90. The molecule has 0 aliphatic carbocycles. The Morgan fingerprint density at radius 2 is 1.88 bits per heavy atom. The minimum Gasteiger partial charge on any atom is -0.494 e. The van der Waals surface area contributed by atoms with Crippen LogP contribution in [0.5, 0.6) is 5.75 Å². The van der Waals surface area contributed by atoms with Crippen molar-refractivity contribution in [3.8, 4) is 17.0 Å². The molecule has 128 valence electrons. The van der Waals surface area contributed by atoms with Crippen molar-refractivity contribution in [2.45, 2.75) is 64.8 Å². The van der Waals surface area contributed by atoms with E-state index in [9.17, 15) is 0 Å². The van der Waals surface area contributed by atoms with Gasteiger partial charge in [-0.05, 0) is 30.2 Å². The fourth-order valence-electron chi connectivity index (χ4n) is 4.31. The Hall–Kier alpha value is -1.83. The van der Waals surface area contributed by atoms with Gasteiger partial charge in [-0.2, -0.15) is 4.57 Å². The average molecular weight is 324 g/mol. The normalized spacial score (nSPS) is 17.9. The van der Waals surface area contributed by atoms with Gasteiger partial charge >= 0.3 is 0 Å². The zero-order valence-corrected chi connectivity index (χ0v) is 15.5. The largest absolute Gasteiger partial charge is 0.494 e. The first kappa shape index (κ1) is 17.0. The molecule has 1 aliphatic heterocycles. The number of nitrogens with zero attached hydrogens (tertiary/aromatic N) is 1. The summed E-state index contributed by atoms with van der Waals surface area (Å²) in [6.07, 6.45) is 6.80. The highest BCUT2D eigenvalue weighted by Crippen LogP contribution is 2.45. The topological polar surface area (TPSA) is 13.1 Å². The van der Waals surface area contributed by atoms with Crippen molar-refractivity contribution >= 4 is 0 Å². The van der Waals surface area contributed by atoms with Crippen molar-refractivity contribution in [3.63, 3.8) is 0 Å². The van der Waals surface area contributed by atoms with Gasteiger partial charge < -0.3 is 4.74 Å². The highest BCUT2D eigenvalue weighted by Gasteiger charge is 2.48. The molecule has 2 aromatic rings. The van der Waals surface area contributed by atoms with E-state index in [2.05, 4.69) is 74.9 Å². The highest BCUT2D eigenvalue weighted by atomic mass is 16.5. The van der Waals surface area contributed by atoms with Crippen molar-refractivity contribution < 1.29 is 9.30 Å². The molecule has 1 aliphatic rings. The van der Waals surface area contributed by atoms with Crippen LogP contribution in [0.1, 0.15) is 64.9 Å². The molecule has 1 aromatic carbocycles. The predicted octanol–water partition coefficient (Wildman–Crippen LogP) is 5.45. The van der Waals surface area contributed by atoms with Crippen molar-refractivity contribution in [3.05, 3.63) is 48.2 Å². The summed E-state index contributed by atoms with van der Waals surface area (Å²) in [6, 6.07) is 13.2. The van der Waals surface area contributed by atoms with E-state index in [0.29, 0.717) is 5.92 Å². The third-order valence-corrected chi connectivity index (χ3v) is 5.90. The van der Waals surface area contributed by atoms with E-state index in [4.69, 9.17) is 4.74 Å². The van der Waals surface area contributed by atoms with Gasteiger partial charge in [0, 0.05) is 30.9 Å². The molecule has 0 N–H and O–H groups in total. The van der Waals surface area contributed by atoms with E-state index in [1.165, 1.54) is 16.8 Å². The number of hydrogen-bond acceptors (Lipinski definition) is 1. The predicted molar refractivity (Wildman–Crippen MR) is 99.4 cm³/mol. The molecule has 24 heavy (non-hydrogen) atoms. The van der Waals surface area contributed by atoms with Crippen LogP contribution in [0.3, 0.4) is 0 Å². The summed E-state index contributed by atoms with van der Waals surface area (Å²) in [6.45, 7) is 10.0. The summed E-state index contributed by atoms with van der Waals surface area (Å²) in [7, 11) is 0. The minimum atomic E-state index is 0.161. The maximum atomic E-state index is 5.96. The van der Waals surface area contributed by atoms with Gasteiger partial charge in [-0.15, -0.1) is 0 Å². The second-order valence-electron chi connectivity index (χ2n) is 6.94. The van der Waals surface area contributed by atoms with Crippen LogP contribution in [0, 0.1) is 0 Å². The van der Waals surface area contributed by atoms with E-state index >= 15 is 0 Å². The Labute approximate surface area is 146 Å². The summed E-state index contributed by atoms with van der Waals surface area (Å²) >= 11 is 0. The molecule has 1 aromatic heterocycles. The van der Waals surface area contributed by atoms with Crippen LogP contribution in [-0.4, -0.2) is 6.61 Å². The Morgan fingerprint density at radius 3 is 2.58 bits per heavy atom.